The van der Waals surface area contributed by atoms with E-state index in [-0.39, 0.29) is 41.1 Å². The zero-order valence-corrected chi connectivity index (χ0v) is 20.9. The summed E-state index contributed by atoms with van der Waals surface area (Å²) in [5.41, 5.74) is 7.41. The molecule has 11 heteroatoms. The van der Waals surface area contributed by atoms with Gasteiger partial charge in [0.25, 0.3) is 0 Å². The van der Waals surface area contributed by atoms with E-state index < -0.39 is 22.0 Å². The zero-order valence-electron chi connectivity index (χ0n) is 20.1. The van der Waals surface area contributed by atoms with Gasteiger partial charge in [0.15, 0.2) is 5.75 Å². The normalized spacial score (nSPS) is 12.0. The molecule has 0 aliphatic rings. The molecule has 0 aliphatic heterocycles. The maximum absolute atomic E-state index is 12.8. The monoisotopic (exact) mass is 504 g/mol. The molecule has 2 aromatic carbocycles. The first-order chi connectivity index (χ1) is 16.6. The van der Waals surface area contributed by atoms with Gasteiger partial charge in [-0.05, 0) is 50.8 Å². The maximum Gasteiger partial charge on any atom is 0.323 e. The molecule has 190 valence electrons. The van der Waals surface area contributed by atoms with Crippen molar-refractivity contribution in [3.63, 3.8) is 0 Å². The fourth-order valence-electron chi connectivity index (χ4n) is 3.33. The highest BCUT2D eigenvalue weighted by atomic mass is 32.2. The van der Waals surface area contributed by atoms with E-state index in [1.807, 2.05) is 12.1 Å². The van der Waals surface area contributed by atoms with E-state index in [0.29, 0.717) is 12.0 Å². The quantitative estimate of drug-likeness (QED) is 0.141. The van der Waals surface area contributed by atoms with Crippen molar-refractivity contribution in [3.05, 3.63) is 53.6 Å². The van der Waals surface area contributed by atoms with Crippen molar-refractivity contribution in [2.24, 2.45) is 5.73 Å². The SMILES string of the molecule is CCOC(=O)[C@H](C)NS(=O)(=O)c1cccc(NC(=O)CCCCc2ccc(C(=N)N)cc2)c1OC. The largest absolute Gasteiger partial charge is 0.493 e. The van der Waals surface area contributed by atoms with Gasteiger partial charge in [-0.2, -0.15) is 4.72 Å². The minimum Gasteiger partial charge on any atom is -0.493 e. The van der Waals surface area contributed by atoms with Gasteiger partial charge in [0.05, 0.1) is 19.4 Å². The van der Waals surface area contributed by atoms with Crippen LogP contribution in [0.3, 0.4) is 0 Å². The molecular weight excluding hydrogens is 472 g/mol. The second-order valence-electron chi connectivity index (χ2n) is 7.80. The number of nitrogens with two attached hydrogens (primary N) is 1. The van der Waals surface area contributed by atoms with Crippen molar-refractivity contribution in [2.75, 3.05) is 19.0 Å². The number of hydrogen-bond donors (Lipinski definition) is 4. The van der Waals surface area contributed by atoms with Gasteiger partial charge in [-0.1, -0.05) is 30.3 Å². The molecule has 10 nitrogen and oxygen atoms in total. The van der Waals surface area contributed by atoms with Crippen LogP contribution in [0.1, 0.15) is 44.2 Å². The van der Waals surface area contributed by atoms with Gasteiger partial charge in [-0.3, -0.25) is 15.0 Å². The number of aryl methyl sites for hydroxylation is 1. The number of anilines is 1. The van der Waals surface area contributed by atoms with Crippen LogP contribution in [0.4, 0.5) is 5.69 Å². The molecule has 0 saturated heterocycles. The van der Waals surface area contributed by atoms with Crippen molar-refractivity contribution in [2.45, 2.75) is 50.5 Å². The second-order valence-corrected chi connectivity index (χ2v) is 9.48. The third kappa shape index (κ3) is 8.08. The van der Waals surface area contributed by atoms with Gasteiger partial charge in [0, 0.05) is 12.0 Å². The number of sulfonamides is 1. The van der Waals surface area contributed by atoms with Crippen LogP contribution < -0.4 is 20.5 Å². The number of amidine groups is 1. The summed E-state index contributed by atoms with van der Waals surface area (Å²) in [5, 5.41) is 10.1. The summed E-state index contributed by atoms with van der Waals surface area (Å²) in [6.45, 7) is 3.13. The van der Waals surface area contributed by atoms with Crippen molar-refractivity contribution in [3.8, 4) is 5.75 Å². The van der Waals surface area contributed by atoms with Crippen LogP contribution in [-0.4, -0.2) is 45.9 Å². The molecule has 35 heavy (non-hydrogen) atoms. The number of ether oxygens (including phenoxy) is 2. The minimum atomic E-state index is -4.13. The number of para-hydroxylation sites is 1. The van der Waals surface area contributed by atoms with E-state index in [0.717, 1.165) is 18.4 Å². The molecule has 2 rings (SSSR count). The molecule has 0 saturated carbocycles. The molecule has 1 atom stereocenters. The van der Waals surface area contributed by atoms with Crippen molar-refractivity contribution >= 4 is 33.4 Å². The molecule has 0 spiro atoms. The van der Waals surface area contributed by atoms with E-state index in [9.17, 15) is 18.0 Å². The topological polar surface area (TPSA) is 161 Å². The van der Waals surface area contributed by atoms with E-state index in [1.54, 1.807) is 25.1 Å². The molecule has 0 aliphatic carbocycles. The Balaban J connectivity index is 1.98. The summed E-state index contributed by atoms with van der Waals surface area (Å²) >= 11 is 0. The molecule has 0 fully saturated rings. The number of esters is 1. The number of amides is 1. The molecule has 0 aromatic heterocycles. The number of nitrogens with one attached hydrogen (secondary N) is 3. The van der Waals surface area contributed by atoms with Crippen LogP contribution in [0.5, 0.6) is 5.75 Å². The molecule has 1 amide bonds. The Kier molecular flexibility index (Phi) is 10.2. The third-order valence-corrected chi connectivity index (χ3v) is 6.67. The first-order valence-electron chi connectivity index (χ1n) is 11.2. The Labute approximate surface area is 205 Å². The van der Waals surface area contributed by atoms with Crippen LogP contribution in [0.25, 0.3) is 0 Å². The number of hydrogen-bond acceptors (Lipinski definition) is 7. The predicted molar refractivity (Wildman–Crippen MR) is 133 cm³/mol. The van der Waals surface area contributed by atoms with E-state index in [2.05, 4.69) is 10.0 Å². The van der Waals surface area contributed by atoms with Crippen LogP contribution in [0, 0.1) is 5.41 Å². The van der Waals surface area contributed by atoms with Crippen LogP contribution in [0.2, 0.25) is 0 Å². The highest BCUT2D eigenvalue weighted by Crippen LogP contribution is 2.32. The van der Waals surface area contributed by atoms with E-state index in [4.69, 9.17) is 20.6 Å². The Bertz CT molecular complexity index is 1150. The number of nitrogen functional groups attached to an aromatic ring is 1. The molecule has 5 N–H and O–H groups in total. The molecule has 0 bridgehead atoms. The van der Waals surface area contributed by atoms with Crippen molar-refractivity contribution in [1.29, 1.82) is 5.41 Å². The van der Waals surface area contributed by atoms with Gasteiger partial charge in [-0.25, -0.2) is 8.42 Å². The number of methoxy groups -OCH3 is 1. The standard InChI is InChI=1S/C24H32N4O6S/c1-4-34-24(30)16(2)28-35(31,32)20-10-7-9-19(22(20)33-3)27-21(29)11-6-5-8-17-12-14-18(15-13-17)23(25)26/h7,9-10,12-16,28H,4-6,8,11H2,1-3H3,(H3,25,26)(H,27,29)/t16-/m0/s1. The molecule has 0 radical (unpaired) electrons. The number of rotatable bonds is 13. The Hall–Kier alpha value is -3.44. The average molecular weight is 505 g/mol. The minimum absolute atomic E-state index is 0.0183. The van der Waals surface area contributed by atoms with Gasteiger partial charge < -0.3 is 20.5 Å². The molecule has 2 aromatic rings. The Morgan fingerprint density at radius 2 is 1.80 bits per heavy atom. The van der Waals surface area contributed by atoms with Crippen LogP contribution >= 0.6 is 0 Å². The maximum atomic E-state index is 12.8. The first kappa shape index (κ1) is 27.8. The number of carbonyl (C=O) groups is 2. The van der Waals surface area contributed by atoms with Crippen molar-refractivity contribution < 1.29 is 27.5 Å². The average Bonchev–Trinajstić information content (AvgIpc) is 2.81. The molecule has 0 unspecified atom stereocenters. The van der Waals surface area contributed by atoms with Crippen LogP contribution in [0.15, 0.2) is 47.4 Å². The van der Waals surface area contributed by atoms with Gasteiger partial charge in [-0.15, -0.1) is 0 Å². The summed E-state index contributed by atoms with van der Waals surface area (Å²) in [6, 6.07) is 10.6. The van der Waals surface area contributed by atoms with E-state index >= 15 is 0 Å². The lowest BCUT2D eigenvalue weighted by Gasteiger charge is -2.17. The summed E-state index contributed by atoms with van der Waals surface area (Å²) in [6.07, 6.45) is 2.41. The van der Waals surface area contributed by atoms with Gasteiger partial charge >= 0.3 is 5.97 Å². The zero-order chi connectivity index (χ0) is 26.0. The summed E-state index contributed by atoms with van der Waals surface area (Å²) in [5.74, 6) is -0.994. The number of benzene rings is 2. The summed E-state index contributed by atoms with van der Waals surface area (Å²) in [4.78, 5) is 24.1. The highest BCUT2D eigenvalue weighted by Gasteiger charge is 2.27. The predicted octanol–water partition coefficient (Wildman–Crippen LogP) is 2.56. The highest BCUT2D eigenvalue weighted by molar-refractivity contribution is 7.89. The Morgan fingerprint density at radius 3 is 2.40 bits per heavy atom. The lowest BCUT2D eigenvalue weighted by molar-refractivity contribution is -0.144. The van der Waals surface area contributed by atoms with Gasteiger partial charge in [0.1, 0.15) is 16.8 Å². The Morgan fingerprint density at radius 1 is 1.11 bits per heavy atom. The van der Waals surface area contributed by atoms with Crippen LogP contribution in [-0.2, 0) is 30.8 Å². The summed E-state index contributed by atoms with van der Waals surface area (Å²) in [7, 11) is -2.83. The fraction of sp³-hybridized carbons (Fsp3) is 0.375. The lowest BCUT2D eigenvalue weighted by Crippen LogP contribution is -2.39. The smallest absolute Gasteiger partial charge is 0.323 e. The van der Waals surface area contributed by atoms with E-state index in [1.165, 1.54) is 26.2 Å². The second kappa shape index (κ2) is 12.9. The number of carbonyl (C=O) groups excluding carboxylic acids is 2. The fourth-order valence-corrected chi connectivity index (χ4v) is 4.71. The summed E-state index contributed by atoms with van der Waals surface area (Å²) < 4.78 is 38.1. The van der Waals surface area contributed by atoms with Crippen molar-refractivity contribution in [1.82, 2.24) is 4.72 Å². The number of unbranched alkanes of at least 4 members (excludes halogenated alkanes) is 1. The molecule has 0 heterocycles. The first-order valence-corrected chi connectivity index (χ1v) is 12.7. The third-order valence-electron chi connectivity index (χ3n) is 5.10. The lowest BCUT2D eigenvalue weighted by atomic mass is 10.0. The molecular formula is C24H32N4O6S. The van der Waals surface area contributed by atoms with Gasteiger partial charge in [0.2, 0.25) is 15.9 Å².